The minimum Gasteiger partial charge on any atom is -0.344 e. The number of pyridine rings is 2. The van der Waals surface area contributed by atoms with Gasteiger partial charge in [0, 0.05) is 53.4 Å². The second-order valence-electron chi connectivity index (χ2n) is 8.59. The standard InChI is InChI=1S/C27H25N3/c1-18-14-20(16-28-15-18)19-12-13-24(29-17-19)21-8-7-10-23-26(21)30(4)25-11-6-5-9-22(25)27(23,2)3/h5-17H,1-4H3. The van der Waals surface area contributed by atoms with E-state index in [2.05, 4.69) is 98.4 Å². The Labute approximate surface area is 178 Å². The summed E-state index contributed by atoms with van der Waals surface area (Å²) in [6.45, 7) is 6.68. The summed E-state index contributed by atoms with van der Waals surface area (Å²) in [6.07, 6.45) is 5.71. The van der Waals surface area contributed by atoms with Gasteiger partial charge in [0.15, 0.2) is 0 Å². The summed E-state index contributed by atoms with van der Waals surface area (Å²) in [4.78, 5) is 11.5. The Kier molecular flexibility index (Phi) is 4.21. The minimum absolute atomic E-state index is 0.0678. The Morgan fingerprint density at radius 1 is 0.800 bits per heavy atom. The zero-order valence-corrected chi connectivity index (χ0v) is 17.8. The van der Waals surface area contributed by atoms with Gasteiger partial charge in [-0.1, -0.05) is 56.3 Å². The molecule has 0 unspecified atom stereocenters. The number of aryl methyl sites for hydroxylation is 1. The first kappa shape index (κ1) is 18.6. The molecule has 0 spiro atoms. The molecule has 148 valence electrons. The van der Waals surface area contributed by atoms with Crippen LogP contribution >= 0.6 is 0 Å². The van der Waals surface area contributed by atoms with Crippen molar-refractivity contribution in [3.05, 3.63) is 95.9 Å². The summed E-state index contributed by atoms with van der Waals surface area (Å²) in [5.74, 6) is 0. The number of hydrogen-bond donors (Lipinski definition) is 0. The van der Waals surface area contributed by atoms with Crippen molar-refractivity contribution in [3.8, 4) is 22.4 Å². The predicted octanol–water partition coefficient (Wildman–Crippen LogP) is 6.53. The summed E-state index contributed by atoms with van der Waals surface area (Å²) < 4.78 is 0. The highest BCUT2D eigenvalue weighted by Gasteiger charge is 2.36. The molecule has 0 amide bonds. The topological polar surface area (TPSA) is 29.0 Å². The van der Waals surface area contributed by atoms with Crippen LogP contribution in [0.3, 0.4) is 0 Å². The molecule has 2 aromatic carbocycles. The van der Waals surface area contributed by atoms with Crippen molar-refractivity contribution in [1.82, 2.24) is 9.97 Å². The first-order chi connectivity index (χ1) is 14.5. The van der Waals surface area contributed by atoms with Crippen molar-refractivity contribution >= 4 is 11.4 Å². The van der Waals surface area contributed by atoms with Gasteiger partial charge in [-0.2, -0.15) is 0 Å². The third-order valence-corrected chi connectivity index (χ3v) is 6.23. The average Bonchev–Trinajstić information content (AvgIpc) is 2.77. The van der Waals surface area contributed by atoms with Gasteiger partial charge in [0.25, 0.3) is 0 Å². The van der Waals surface area contributed by atoms with E-state index in [0.29, 0.717) is 0 Å². The number of benzene rings is 2. The molecule has 3 heteroatoms. The first-order valence-electron chi connectivity index (χ1n) is 10.3. The monoisotopic (exact) mass is 391 g/mol. The fourth-order valence-corrected chi connectivity index (χ4v) is 4.61. The number of hydrogen-bond acceptors (Lipinski definition) is 3. The molecule has 0 fully saturated rings. The Bertz CT molecular complexity index is 1240. The van der Waals surface area contributed by atoms with E-state index in [4.69, 9.17) is 4.98 Å². The molecule has 0 atom stereocenters. The maximum Gasteiger partial charge on any atom is 0.0723 e. The molecule has 0 aliphatic carbocycles. The van der Waals surface area contributed by atoms with E-state index in [1.54, 1.807) is 0 Å². The Hall–Kier alpha value is -3.46. The molecule has 1 aliphatic rings. The molecule has 0 bridgehead atoms. The summed E-state index contributed by atoms with van der Waals surface area (Å²) >= 11 is 0. The van der Waals surface area contributed by atoms with Crippen LogP contribution in [0.5, 0.6) is 0 Å². The first-order valence-corrected chi connectivity index (χ1v) is 10.3. The number of nitrogens with zero attached hydrogens (tertiary/aromatic N) is 3. The SMILES string of the molecule is Cc1cncc(-c2ccc(-c3cccc4c3N(C)c3ccccc3C4(C)C)nc2)c1. The summed E-state index contributed by atoms with van der Waals surface area (Å²) in [6, 6.07) is 21.7. The van der Waals surface area contributed by atoms with Crippen molar-refractivity contribution in [1.29, 1.82) is 0 Å². The summed E-state index contributed by atoms with van der Waals surface area (Å²) in [5, 5.41) is 0. The molecule has 3 nitrogen and oxygen atoms in total. The van der Waals surface area contributed by atoms with Crippen molar-refractivity contribution in [2.24, 2.45) is 0 Å². The van der Waals surface area contributed by atoms with Crippen molar-refractivity contribution < 1.29 is 0 Å². The zero-order valence-electron chi connectivity index (χ0n) is 17.8. The Morgan fingerprint density at radius 2 is 1.60 bits per heavy atom. The molecule has 0 saturated heterocycles. The van der Waals surface area contributed by atoms with Gasteiger partial charge in [-0.3, -0.25) is 9.97 Å². The molecule has 5 rings (SSSR count). The Morgan fingerprint density at radius 3 is 2.37 bits per heavy atom. The summed E-state index contributed by atoms with van der Waals surface area (Å²) in [5.41, 5.74) is 10.6. The van der Waals surface area contributed by atoms with Crippen molar-refractivity contribution in [3.63, 3.8) is 0 Å². The quantitative estimate of drug-likeness (QED) is 0.389. The molecule has 1 aliphatic heterocycles. The molecule has 4 aromatic rings. The van der Waals surface area contributed by atoms with Crippen LogP contribution in [0.25, 0.3) is 22.4 Å². The highest BCUT2D eigenvalue weighted by Crippen LogP contribution is 2.51. The lowest BCUT2D eigenvalue weighted by Gasteiger charge is -2.41. The lowest BCUT2D eigenvalue weighted by molar-refractivity contribution is 0.630. The van der Waals surface area contributed by atoms with Gasteiger partial charge in [-0.05, 0) is 41.8 Å². The van der Waals surface area contributed by atoms with Crippen molar-refractivity contribution in [2.45, 2.75) is 26.2 Å². The molecular weight excluding hydrogens is 366 g/mol. The van der Waals surface area contributed by atoms with Crippen LogP contribution in [0, 0.1) is 6.92 Å². The molecule has 0 N–H and O–H groups in total. The molecule has 0 saturated carbocycles. The van der Waals surface area contributed by atoms with E-state index in [-0.39, 0.29) is 5.41 Å². The van der Waals surface area contributed by atoms with Gasteiger partial charge in [-0.25, -0.2) is 0 Å². The van der Waals surface area contributed by atoms with E-state index in [0.717, 1.165) is 27.9 Å². The molecule has 3 heterocycles. The van der Waals surface area contributed by atoms with E-state index in [1.165, 1.54) is 22.5 Å². The third-order valence-electron chi connectivity index (χ3n) is 6.23. The van der Waals surface area contributed by atoms with E-state index >= 15 is 0 Å². The maximum atomic E-state index is 4.85. The van der Waals surface area contributed by atoms with Gasteiger partial charge in [-0.15, -0.1) is 0 Å². The van der Waals surface area contributed by atoms with E-state index in [9.17, 15) is 0 Å². The van der Waals surface area contributed by atoms with E-state index in [1.807, 2.05) is 18.6 Å². The van der Waals surface area contributed by atoms with Crippen LogP contribution in [0.15, 0.2) is 79.3 Å². The zero-order chi connectivity index (χ0) is 20.9. The van der Waals surface area contributed by atoms with Crippen molar-refractivity contribution in [2.75, 3.05) is 11.9 Å². The fraction of sp³-hybridized carbons (Fsp3) is 0.185. The highest BCUT2D eigenvalue weighted by atomic mass is 15.1. The van der Waals surface area contributed by atoms with Crippen LogP contribution in [0.1, 0.15) is 30.5 Å². The Balaban J connectivity index is 1.63. The average molecular weight is 392 g/mol. The highest BCUT2D eigenvalue weighted by molar-refractivity contribution is 5.88. The lowest BCUT2D eigenvalue weighted by Crippen LogP contribution is -2.31. The van der Waals surface area contributed by atoms with Gasteiger partial charge in [0.05, 0.1) is 11.4 Å². The normalized spacial score (nSPS) is 14.2. The van der Waals surface area contributed by atoms with Crippen LogP contribution in [0.2, 0.25) is 0 Å². The van der Waals surface area contributed by atoms with E-state index < -0.39 is 0 Å². The number of fused-ring (bicyclic) bond motifs is 2. The molecular formula is C27H25N3. The minimum atomic E-state index is -0.0678. The van der Waals surface area contributed by atoms with Gasteiger partial charge in [0.1, 0.15) is 0 Å². The number of anilines is 2. The maximum absolute atomic E-state index is 4.85. The smallest absolute Gasteiger partial charge is 0.0723 e. The molecule has 30 heavy (non-hydrogen) atoms. The van der Waals surface area contributed by atoms with Crippen LogP contribution in [-0.2, 0) is 5.41 Å². The number of para-hydroxylation sites is 2. The predicted molar refractivity (Wildman–Crippen MR) is 124 cm³/mol. The summed E-state index contributed by atoms with van der Waals surface area (Å²) in [7, 11) is 2.16. The number of rotatable bonds is 2. The van der Waals surface area contributed by atoms with Crippen LogP contribution in [-0.4, -0.2) is 17.0 Å². The van der Waals surface area contributed by atoms with Gasteiger partial charge in [0.2, 0.25) is 0 Å². The van der Waals surface area contributed by atoms with Gasteiger partial charge >= 0.3 is 0 Å². The fourth-order valence-electron chi connectivity index (χ4n) is 4.61. The van der Waals surface area contributed by atoms with Gasteiger partial charge < -0.3 is 4.90 Å². The van der Waals surface area contributed by atoms with Crippen LogP contribution < -0.4 is 4.90 Å². The lowest BCUT2D eigenvalue weighted by atomic mass is 9.73. The second-order valence-corrected chi connectivity index (χ2v) is 8.59. The largest absolute Gasteiger partial charge is 0.344 e. The molecule has 0 radical (unpaired) electrons. The number of aromatic nitrogens is 2. The third kappa shape index (κ3) is 2.81. The molecule has 2 aromatic heterocycles. The second kappa shape index (κ2) is 6.81. The van der Waals surface area contributed by atoms with Crippen LogP contribution in [0.4, 0.5) is 11.4 Å².